The minimum Gasteiger partial charge on any atom is -0.355 e. The summed E-state index contributed by atoms with van der Waals surface area (Å²) in [4.78, 5) is 12.0. The van der Waals surface area contributed by atoms with E-state index < -0.39 is 10.8 Å². The first-order valence-corrected chi connectivity index (χ1v) is 9.26. The van der Waals surface area contributed by atoms with Gasteiger partial charge in [0.15, 0.2) is 0 Å². The fourth-order valence-electron chi connectivity index (χ4n) is 2.51. The summed E-state index contributed by atoms with van der Waals surface area (Å²) >= 11 is 0. The fraction of sp³-hybridized carbons (Fsp3) is 0.316. The molecule has 0 radical (unpaired) electrons. The Morgan fingerprint density at radius 1 is 1.09 bits per heavy atom. The van der Waals surface area contributed by atoms with Gasteiger partial charge in [-0.05, 0) is 30.0 Å². The molecule has 0 aromatic heterocycles. The number of hydrogen-bond donors (Lipinski definition) is 1. The van der Waals surface area contributed by atoms with Crippen molar-refractivity contribution in [2.24, 2.45) is 0 Å². The quantitative estimate of drug-likeness (QED) is 0.846. The maximum atomic E-state index is 12.9. The number of amides is 1. The molecule has 2 aromatic rings. The van der Waals surface area contributed by atoms with Gasteiger partial charge in [-0.1, -0.05) is 61.5 Å². The Hall–Kier alpha value is -1.94. The van der Waals surface area contributed by atoms with Crippen LogP contribution in [0.5, 0.6) is 0 Å². The van der Waals surface area contributed by atoms with Crippen molar-refractivity contribution in [3.63, 3.8) is 0 Å². The smallest absolute Gasteiger partial charge is 0.232 e. The van der Waals surface area contributed by atoms with Crippen molar-refractivity contribution in [3.8, 4) is 0 Å². The number of carbonyl (C=O) groups is 1. The van der Waals surface area contributed by atoms with Crippen LogP contribution < -0.4 is 5.32 Å². The molecular formula is C19H23NO2S. The van der Waals surface area contributed by atoms with Crippen LogP contribution in [-0.4, -0.2) is 22.4 Å². The molecule has 1 amide bonds. The molecule has 0 aliphatic heterocycles. The Bertz CT molecular complexity index is 670. The lowest BCUT2D eigenvalue weighted by molar-refractivity contribution is -0.118. The third-order valence-corrected chi connectivity index (χ3v) is 5.28. The monoisotopic (exact) mass is 329 g/mol. The van der Waals surface area contributed by atoms with Gasteiger partial charge in [-0.2, -0.15) is 0 Å². The lowest BCUT2D eigenvalue weighted by Gasteiger charge is -2.19. The van der Waals surface area contributed by atoms with E-state index in [4.69, 9.17) is 0 Å². The Labute approximate surface area is 140 Å². The summed E-state index contributed by atoms with van der Waals surface area (Å²) in [5.41, 5.74) is 3.08. The van der Waals surface area contributed by atoms with Crippen LogP contribution in [0.25, 0.3) is 0 Å². The summed E-state index contributed by atoms with van der Waals surface area (Å²) < 4.78 is 12.9. The van der Waals surface area contributed by atoms with Crippen LogP contribution in [0.2, 0.25) is 0 Å². The Morgan fingerprint density at radius 2 is 1.74 bits per heavy atom. The largest absolute Gasteiger partial charge is 0.355 e. The highest BCUT2D eigenvalue weighted by Crippen LogP contribution is 2.30. The first-order chi connectivity index (χ1) is 11.1. The minimum atomic E-state index is -1.32. The number of aryl methyl sites for hydroxylation is 1. The molecule has 0 unspecified atom stereocenters. The maximum absolute atomic E-state index is 12.9. The van der Waals surface area contributed by atoms with Crippen LogP contribution in [0.3, 0.4) is 0 Å². The summed E-state index contributed by atoms with van der Waals surface area (Å²) in [6.45, 7) is 4.63. The van der Waals surface area contributed by atoms with Crippen LogP contribution in [0.4, 0.5) is 0 Å². The molecule has 0 spiro atoms. The summed E-state index contributed by atoms with van der Waals surface area (Å²) in [6.07, 6.45) is 0.873. The molecule has 2 atom stereocenters. The topological polar surface area (TPSA) is 46.2 Å². The number of carbonyl (C=O) groups excluding carboxylic acids is 1. The van der Waals surface area contributed by atoms with E-state index in [1.54, 1.807) is 0 Å². The molecule has 2 aromatic carbocycles. The van der Waals surface area contributed by atoms with Crippen molar-refractivity contribution >= 4 is 16.7 Å². The van der Waals surface area contributed by atoms with Gasteiger partial charge in [0, 0.05) is 17.3 Å². The van der Waals surface area contributed by atoms with Gasteiger partial charge in [-0.15, -0.1) is 0 Å². The summed E-state index contributed by atoms with van der Waals surface area (Å²) in [5, 5.41) is 2.52. The van der Waals surface area contributed by atoms with Gasteiger partial charge in [-0.25, -0.2) is 0 Å². The van der Waals surface area contributed by atoms with E-state index in [2.05, 4.69) is 5.32 Å². The van der Waals surface area contributed by atoms with Crippen LogP contribution in [0.15, 0.2) is 54.6 Å². The molecule has 0 saturated carbocycles. The highest BCUT2D eigenvalue weighted by molar-refractivity contribution is 7.86. The molecule has 122 valence electrons. The lowest BCUT2D eigenvalue weighted by Crippen LogP contribution is -2.30. The molecule has 0 heterocycles. The molecule has 2 rings (SSSR count). The standard InChI is InChI=1S/C19H23NO2S/c1-3-13-20-18(21)14-23(22)19(16-10-5-4-6-11-16)17-12-8-7-9-15(17)2/h4-12,19H,3,13-14H2,1-2H3,(H,20,21)/t19-,23+/m1/s1. The predicted octanol–water partition coefficient (Wildman–Crippen LogP) is 3.36. The van der Waals surface area contributed by atoms with Crippen molar-refractivity contribution < 1.29 is 9.00 Å². The third kappa shape index (κ3) is 4.76. The maximum Gasteiger partial charge on any atom is 0.232 e. The van der Waals surface area contributed by atoms with Crippen molar-refractivity contribution in [1.29, 1.82) is 0 Å². The molecule has 0 aliphatic carbocycles. The van der Waals surface area contributed by atoms with E-state index in [0.717, 1.165) is 23.1 Å². The highest BCUT2D eigenvalue weighted by Gasteiger charge is 2.24. The Kier molecular flexibility index (Phi) is 6.53. The Morgan fingerprint density at radius 3 is 2.39 bits per heavy atom. The zero-order valence-corrected chi connectivity index (χ0v) is 14.4. The van der Waals surface area contributed by atoms with E-state index in [9.17, 15) is 9.00 Å². The minimum absolute atomic E-state index is 0.0217. The molecule has 0 bridgehead atoms. The zero-order chi connectivity index (χ0) is 16.7. The molecule has 0 aliphatic rings. The van der Waals surface area contributed by atoms with Crippen molar-refractivity contribution in [1.82, 2.24) is 5.32 Å². The second-order valence-corrected chi connectivity index (χ2v) is 7.04. The normalized spacial score (nSPS) is 13.3. The lowest BCUT2D eigenvalue weighted by atomic mass is 10.0. The molecule has 1 N–H and O–H groups in total. The number of hydrogen-bond acceptors (Lipinski definition) is 2. The average molecular weight is 329 g/mol. The molecule has 4 heteroatoms. The van der Waals surface area contributed by atoms with E-state index in [1.165, 1.54) is 0 Å². The van der Waals surface area contributed by atoms with Crippen LogP contribution in [0.1, 0.15) is 35.3 Å². The van der Waals surface area contributed by atoms with E-state index >= 15 is 0 Å². The van der Waals surface area contributed by atoms with Gasteiger partial charge in [0.05, 0.1) is 5.25 Å². The summed E-state index contributed by atoms with van der Waals surface area (Å²) in [7, 11) is -1.32. The van der Waals surface area contributed by atoms with Gasteiger partial charge >= 0.3 is 0 Å². The molecule has 23 heavy (non-hydrogen) atoms. The van der Waals surface area contributed by atoms with E-state index in [-0.39, 0.29) is 16.9 Å². The number of rotatable bonds is 7. The number of nitrogens with one attached hydrogen (secondary N) is 1. The van der Waals surface area contributed by atoms with Crippen molar-refractivity contribution in [2.45, 2.75) is 25.5 Å². The van der Waals surface area contributed by atoms with Crippen molar-refractivity contribution in [2.75, 3.05) is 12.3 Å². The van der Waals surface area contributed by atoms with Gasteiger partial charge < -0.3 is 5.32 Å². The highest BCUT2D eigenvalue weighted by atomic mass is 32.2. The zero-order valence-electron chi connectivity index (χ0n) is 13.6. The van der Waals surface area contributed by atoms with Gasteiger partial charge in [0.2, 0.25) is 5.91 Å². The van der Waals surface area contributed by atoms with Crippen LogP contribution in [0, 0.1) is 6.92 Å². The molecule has 0 saturated heterocycles. The van der Waals surface area contributed by atoms with Gasteiger partial charge in [-0.3, -0.25) is 9.00 Å². The number of benzene rings is 2. The Balaban J connectivity index is 2.30. The first-order valence-electron chi connectivity index (χ1n) is 7.87. The van der Waals surface area contributed by atoms with Gasteiger partial charge in [0.1, 0.15) is 5.75 Å². The van der Waals surface area contributed by atoms with E-state index in [0.29, 0.717) is 6.54 Å². The first kappa shape index (κ1) is 17.4. The van der Waals surface area contributed by atoms with E-state index in [1.807, 2.05) is 68.4 Å². The molecule has 3 nitrogen and oxygen atoms in total. The summed E-state index contributed by atoms with van der Waals surface area (Å²) in [5.74, 6) is -0.131. The average Bonchev–Trinajstić information content (AvgIpc) is 2.56. The third-order valence-electron chi connectivity index (χ3n) is 3.68. The second kappa shape index (κ2) is 8.63. The molecule has 0 fully saturated rings. The van der Waals surface area contributed by atoms with Gasteiger partial charge in [0.25, 0.3) is 0 Å². The molecular weight excluding hydrogens is 306 g/mol. The van der Waals surface area contributed by atoms with Crippen LogP contribution >= 0.6 is 0 Å². The second-order valence-electron chi connectivity index (χ2n) is 5.52. The summed E-state index contributed by atoms with van der Waals surface area (Å²) in [6, 6.07) is 17.7. The predicted molar refractivity (Wildman–Crippen MR) is 95.8 cm³/mol. The van der Waals surface area contributed by atoms with Crippen molar-refractivity contribution in [3.05, 3.63) is 71.3 Å². The fourth-order valence-corrected chi connectivity index (χ4v) is 4.05. The van der Waals surface area contributed by atoms with Crippen LogP contribution in [-0.2, 0) is 15.6 Å². The SMILES string of the molecule is CCCNC(=O)C[S@](=O)[C@H](c1ccccc1)c1ccccc1C.